The third-order valence-electron chi connectivity index (χ3n) is 7.48. The monoisotopic (exact) mass is 474 g/mol. The number of aliphatic carboxylic acids is 1. The molecule has 1 fully saturated rings. The van der Waals surface area contributed by atoms with Crippen LogP contribution >= 0.6 is 0 Å². The lowest BCUT2D eigenvalue weighted by Crippen LogP contribution is -2.40. The lowest BCUT2D eigenvalue weighted by atomic mass is 9.86. The summed E-state index contributed by atoms with van der Waals surface area (Å²) in [6.45, 7) is 0.256. The average Bonchev–Trinajstić information content (AvgIpc) is 3.46. The molecular formula is C28H30N2O5. The second kappa shape index (κ2) is 9.94. The van der Waals surface area contributed by atoms with Gasteiger partial charge in [-0.15, -0.1) is 0 Å². The van der Waals surface area contributed by atoms with E-state index in [9.17, 15) is 14.4 Å². The van der Waals surface area contributed by atoms with Crippen LogP contribution in [-0.2, 0) is 14.3 Å². The molecule has 0 radical (unpaired) electrons. The third kappa shape index (κ3) is 4.94. The van der Waals surface area contributed by atoms with Gasteiger partial charge in [0.05, 0.1) is 5.92 Å². The number of ether oxygens (including phenoxy) is 1. The zero-order chi connectivity index (χ0) is 24.4. The fraction of sp³-hybridized carbons (Fsp3) is 0.393. The second-order valence-electron chi connectivity index (χ2n) is 9.70. The van der Waals surface area contributed by atoms with Gasteiger partial charge in [-0.1, -0.05) is 54.6 Å². The Labute approximate surface area is 204 Å². The van der Waals surface area contributed by atoms with E-state index in [0.717, 1.165) is 0 Å². The van der Waals surface area contributed by atoms with E-state index in [0.29, 0.717) is 44.1 Å². The number of amides is 2. The van der Waals surface area contributed by atoms with Gasteiger partial charge in [-0.05, 0) is 60.8 Å². The van der Waals surface area contributed by atoms with E-state index in [1.165, 1.54) is 22.3 Å². The first-order valence-electron chi connectivity index (χ1n) is 12.3. The molecule has 1 saturated carbocycles. The number of hydrogen-bond acceptors (Lipinski definition) is 4. The minimum Gasteiger partial charge on any atom is -0.481 e. The summed E-state index contributed by atoms with van der Waals surface area (Å²) < 4.78 is 5.63. The Kier molecular flexibility index (Phi) is 6.57. The van der Waals surface area contributed by atoms with Crippen molar-refractivity contribution in [3.8, 4) is 11.1 Å². The standard InChI is InChI=1S/C28H30N2O5/c31-26(29-19-12-9-17(10-13-19)27(32)33)18-11-14-20(15-18)30-28(34)35-16-25-23-7-3-1-5-21(23)22-6-2-4-8-24(22)25/h1-8,11,17,19-20,25H,9-10,12-16H2,(H,29,31)(H,30,34)(H,32,33). The van der Waals surface area contributed by atoms with Crippen LogP contribution in [0.5, 0.6) is 0 Å². The molecule has 1 unspecified atom stereocenters. The van der Waals surface area contributed by atoms with Crippen molar-refractivity contribution in [2.24, 2.45) is 5.92 Å². The van der Waals surface area contributed by atoms with Crippen molar-refractivity contribution in [1.29, 1.82) is 0 Å². The molecule has 3 aliphatic carbocycles. The molecule has 7 heteroatoms. The van der Waals surface area contributed by atoms with E-state index in [4.69, 9.17) is 9.84 Å². The first-order chi connectivity index (χ1) is 17.0. The minimum atomic E-state index is -0.754. The SMILES string of the molecule is O=C(NC1CC=C(C(=O)NC2CCC(C(=O)O)CC2)C1)OCC1c2ccccc2-c2ccccc21. The van der Waals surface area contributed by atoms with Crippen LogP contribution in [0.1, 0.15) is 55.6 Å². The molecule has 0 aliphatic heterocycles. The van der Waals surface area contributed by atoms with Crippen LogP contribution in [0.2, 0.25) is 0 Å². The average molecular weight is 475 g/mol. The Balaban J connectivity index is 1.09. The molecule has 3 aliphatic rings. The number of nitrogens with one attached hydrogen (secondary N) is 2. The normalized spacial score (nSPS) is 23.1. The Morgan fingerprint density at radius 1 is 0.857 bits per heavy atom. The Hall–Kier alpha value is -3.61. The Morgan fingerprint density at radius 2 is 1.49 bits per heavy atom. The predicted molar refractivity (Wildman–Crippen MR) is 131 cm³/mol. The summed E-state index contributed by atoms with van der Waals surface area (Å²) in [5.74, 6) is -1.18. The van der Waals surface area contributed by atoms with Crippen molar-refractivity contribution < 1.29 is 24.2 Å². The highest BCUT2D eigenvalue weighted by Gasteiger charge is 2.31. The summed E-state index contributed by atoms with van der Waals surface area (Å²) in [4.78, 5) is 36.3. The van der Waals surface area contributed by atoms with Crippen molar-refractivity contribution in [2.45, 2.75) is 56.5 Å². The zero-order valence-corrected chi connectivity index (χ0v) is 19.5. The van der Waals surface area contributed by atoms with Gasteiger partial charge in [0.1, 0.15) is 6.61 Å². The van der Waals surface area contributed by atoms with Crippen molar-refractivity contribution >= 4 is 18.0 Å². The van der Waals surface area contributed by atoms with E-state index in [1.807, 2.05) is 30.3 Å². The summed E-state index contributed by atoms with van der Waals surface area (Å²) in [6, 6.07) is 16.3. The van der Waals surface area contributed by atoms with Gasteiger partial charge >= 0.3 is 12.1 Å². The summed E-state index contributed by atoms with van der Waals surface area (Å²) >= 11 is 0. The van der Waals surface area contributed by atoms with Gasteiger partial charge < -0.3 is 20.5 Å². The third-order valence-corrected chi connectivity index (χ3v) is 7.48. The largest absolute Gasteiger partial charge is 0.481 e. The molecule has 5 rings (SSSR count). The van der Waals surface area contributed by atoms with Crippen LogP contribution in [0.3, 0.4) is 0 Å². The molecule has 2 aromatic carbocycles. The summed E-state index contributed by atoms with van der Waals surface area (Å²) in [7, 11) is 0. The van der Waals surface area contributed by atoms with Gasteiger partial charge in [-0.25, -0.2) is 4.79 Å². The molecule has 0 bridgehead atoms. The van der Waals surface area contributed by atoms with Crippen molar-refractivity contribution in [2.75, 3.05) is 6.61 Å². The number of rotatable bonds is 6. The van der Waals surface area contributed by atoms with Gasteiger partial charge in [0.2, 0.25) is 5.91 Å². The van der Waals surface area contributed by atoms with E-state index in [1.54, 1.807) is 0 Å². The molecule has 2 aromatic rings. The number of fused-ring (bicyclic) bond motifs is 3. The van der Waals surface area contributed by atoms with Crippen molar-refractivity contribution in [1.82, 2.24) is 10.6 Å². The molecule has 0 heterocycles. The maximum Gasteiger partial charge on any atom is 0.407 e. The zero-order valence-electron chi connectivity index (χ0n) is 19.5. The summed E-state index contributed by atoms with van der Waals surface area (Å²) in [5.41, 5.74) is 5.36. The van der Waals surface area contributed by atoms with Crippen molar-refractivity contribution in [3.05, 3.63) is 71.3 Å². The highest BCUT2D eigenvalue weighted by Crippen LogP contribution is 2.44. The highest BCUT2D eigenvalue weighted by molar-refractivity contribution is 5.94. The lowest BCUT2D eigenvalue weighted by Gasteiger charge is -2.27. The van der Waals surface area contributed by atoms with E-state index < -0.39 is 12.1 Å². The molecule has 7 nitrogen and oxygen atoms in total. The summed E-state index contributed by atoms with van der Waals surface area (Å²) in [6.07, 6.45) is 4.97. The first kappa shape index (κ1) is 23.1. The number of carboxylic acids is 1. The molecular weight excluding hydrogens is 444 g/mol. The van der Waals surface area contributed by atoms with Crippen LogP contribution in [0.15, 0.2) is 60.2 Å². The van der Waals surface area contributed by atoms with Gasteiger partial charge in [0.15, 0.2) is 0 Å². The topological polar surface area (TPSA) is 105 Å². The van der Waals surface area contributed by atoms with E-state index >= 15 is 0 Å². The highest BCUT2D eigenvalue weighted by atomic mass is 16.5. The van der Waals surface area contributed by atoms with Gasteiger partial charge in [-0.2, -0.15) is 0 Å². The molecule has 0 saturated heterocycles. The Bertz CT molecular complexity index is 1120. The number of benzene rings is 2. The number of carboxylic acid groups (broad SMARTS) is 1. The van der Waals surface area contributed by atoms with Crippen LogP contribution < -0.4 is 10.6 Å². The van der Waals surface area contributed by atoms with Gasteiger partial charge in [0, 0.05) is 23.6 Å². The number of carbonyl (C=O) groups excluding carboxylic acids is 2. The molecule has 182 valence electrons. The fourth-order valence-corrected chi connectivity index (χ4v) is 5.58. The quantitative estimate of drug-likeness (QED) is 0.577. The predicted octanol–water partition coefficient (Wildman–Crippen LogP) is 4.37. The second-order valence-corrected chi connectivity index (χ2v) is 9.70. The number of carbonyl (C=O) groups is 3. The molecule has 35 heavy (non-hydrogen) atoms. The van der Waals surface area contributed by atoms with Crippen LogP contribution in [0.25, 0.3) is 11.1 Å². The van der Waals surface area contributed by atoms with Crippen LogP contribution in [0, 0.1) is 5.92 Å². The number of alkyl carbamates (subject to hydrolysis) is 1. The molecule has 3 N–H and O–H groups in total. The maximum atomic E-state index is 12.7. The minimum absolute atomic E-state index is 0.00686. The smallest absolute Gasteiger partial charge is 0.407 e. The fourth-order valence-electron chi connectivity index (χ4n) is 5.58. The first-order valence-corrected chi connectivity index (χ1v) is 12.3. The molecule has 0 aromatic heterocycles. The lowest BCUT2D eigenvalue weighted by molar-refractivity contribution is -0.142. The maximum absolute atomic E-state index is 12.7. The van der Waals surface area contributed by atoms with Gasteiger partial charge in [0.25, 0.3) is 0 Å². The molecule has 1 atom stereocenters. The van der Waals surface area contributed by atoms with Crippen LogP contribution in [-0.4, -0.2) is 41.8 Å². The number of hydrogen-bond donors (Lipinski definition) is 3. The Morgan fingerprint density at radius 3 is 2.11 bits per heavy atom. The molecule has 2 amide bonds. The molecule has 0 spiro atoms. The van der Waals surface area contributed by atoms with Crippen molar-refractivity contribution in [3.63, 3.8) is 0 Å². The van der Waals surface area contributed by atoms with Crippen LogP contribution in [0.4, 0.5) is 4.79 Å². The summed E-state index contributed by atoms with van der Waals surface area (Å²) in [5, 5.41) is 15.1. The van der Waals surface area contributed by atoms with Gasteiger partial charge in [-0.3, -0.25) is 9.59 Å². The van der Waals surface area contributed by atoms with E-state index in [2.05, 4.69) is 34.9 Å². The van der Waals surface area contributed by atoms with E-state index in [-0.39, 0.29) is 36.4 Å².